The lowest BCUT2D eigenvalue weighted by Gasteiger charge is -2.21. The highest BCUT2D eigenvalue weighted by atomic mass is 16.6. The summed E-state index contributed by atoms with van der Waals surface area (Å²) in [5, 5.41) is 17.4. The first kappa shape index (κ1) is 16.2. The zero-order valence-corrected chi connectivity index (χ0v) is 11.9. The number of likely N-dealkylation sites (tertiary alicyclic amines) is 2. The average molecular weight is 314 g/mol. The zero-order valence-electron chi connectivity index (χ0n) is 11.9. The van der Waals surface area contributed by atoms with Crippen LogP contribution in [0.3, 0.4) is 0 Å². The predicted octanol–water partition coefficient (Wildman–Crippen LogP) is -1.74. The van der Waals surface area contributed by atoms with Crippen LogP contribution in [0.1, 0.15) is 12.8 Å². The molecule has 0 aliphatic carbocycles. The highest BCUT2D eigenvalue weighted by molar-refractivity contribution is 5.87. The number of esters is 1. The molecule has 0 radical (unpaired) electrons. The molecule has 9 heteroatoms. The summed E-state index contributed by atoms with van der Waals surface area (Å²) in [6.07, 6.45) is -0.000733. The normalized spacial score (nSPS) is 25.0. The van der Waals surface area contributed by atoms with Crippen LogP contribution in [-0.4, -0.2) is 76.7 Å². The third-order valence-electron chi connectivity index (χ3n) is 3.96. The maximum Gasteiger partial charge on any atom is 0.313 e. The molecular weight excluding hydrogens is 296 g/mol. The average Bonchev–Trinajstić information content (AvgIpc) is 3.00. The summed E-state index contributed by atoms with van der Waals surface area (Å²) >= 11 is 0. The summed E-state index contributed by atoms with van der Waals surface area (Å²) in [7, 11) is 0. The van der Waals surface area contributed by atoms with Gasteiger partial charge in [-0.3, -0.25) is 19.2 Å². The smallest absolute Gasteiger partial charge is 0.313 e. The second-order valence-electron chi connectivity index (χ2n) is 5.41. The second-order valence-corrected chi connectivity index (χ2v) is 5.41. The Morgan fingerprint density at radius 2 is 1.55 bits per heavy atom. The third kappa shape index (κ3) is 3.53. The largest absolute Gasteiger partial charge is 0.481 e. The minimum Gasteiger partial charge on any atom is -0.481 e. The van der Waals surface area contributed by atoms with Crippen molar-refractivity contribution in [3.63, 3.8) is 0 Å². The lowest BCUT2D eigenvalue weighted by atomic mass is 10.1. The number of aliphatic carboxylic acids is 1. The van der Waals surface area contributed by atoms with Gasteiger partial charge in [0.2, 0.25) is 11.8 Å². The van der Waals surface area contributed by atoms with Gasteiger partial charge in [0.1, 0.15) is 0 Å². The Balaban J connectivity index is 1.82. The second kappa shape index (κ2) is 6.73. The Morgan fingerprint density at radius 1 is 1.05 bits per heavy atom. The van der Waals surface area contributed by atoms with E-state index in [4.69, 9.17) is 10.2 Å². The Labute approximate surface area is 126 Å². The molecule has 122 valence electrons. The molecule has 22 heavy (non-hydrogen) atoms. The van der Waals surface area contributed by atoms with Gasteiger partial charge in [-0.05, 0) is 0 Å². The summed E-state index contributed by atoms with van der Waals surface area (Å²) in [6, 6.07) is 0. The van der Waals surface area contributed by atoms with Crippen LogP contribution in [-0.2, 0) is 23.9 Å². The van der Waals surface area contributed by atoms with E-state index < -0.39 is 30.6 Å². The molecule has 2 N–H and O–H groups in total. The summed E-state index contributed by atoms with van der Waals surface area (Å²) in [4.78, 5) is 48.7. The predicted molar refractivity (Wildman–Crippen MR) is 70.2 cm³/mol. The number of hydrogen-bond donors (Lipinski definition) is 2. The van der Waals surface area contributed by atoms with Gasteiger partial charge in [0.15, 0.2) is 6.79 Å². The molecule has 2 fully saturated rings. The molecule has 0 saturated carbocycles. The molecule has 2 atom stereocenters. The van der Waals surface area contributed by atoms with Gasteiger partial charge in [-0.2, -0.15) is 0 Å². The van der Waals surface area contributed by atoms with Gasteiger partial charge in [0, 0.05) is 39.0 Å². The van der Waals surface area contributed by atoms with Crippen molar-refractivity contribution >= 4 is 23.8 Å². The van der Waals surface area contributed by atoms with E-state index in [9.17, 15) is 19.2 Å². The molecule has 0 spiro atoms. The van der Waals surface area contributed by atoms with Crippen LogP contribution < -0.4 is 0 Å². The first-order valence-electron chi connectivity index (χ1n) is 6.98. The van der Waals surface area contributed by atoms with Gasteiger partial charge in [0.25, 0.3) is 0 Å². The van der Waals surface area contributed by atoms with Crippen LogP contribution in [0, 0.1) is 11.8 Å². The van der Waals surface area contributed by atoms with Crippen LogP contribution in [0.5, 0.6) is 0 Å². The molecule has 0 bridgehead atoms. The highest BCUT2D eigenvalue weighted by Gasteiger charge is 2.37. The van der Waals surface area contributed by atoms with Crippen LogP contribution in [0.2, 0.25) is 0 Å². The van der Waals surface area contributed by atoms with Crippen LogP contribution in [0.25, 0.3) is 0 Å². The van der Waals surface area contributed by atoms with E-state index in [0.717, 1.165) is 0 Å². The van der Waals surface area contributed by atoms with Crippen molar-refractivity contribution in [2.24, 2.45) is 11.8 Å². The van der Waals surface area contributed by atoms with E-state index in [1.807, 2.05) is 0 Å². The molecule has 0 aromatic heterocycles. The van der Waals surface area contributed by atoms with Gasteiger partial charge in [0.05, 0.1) is 11.8 Å². The molecule has 0 aromatic carbocycles. The Kier molecular flexibility index (Phi) is 4.96. The number of carbonyl (C=O) groups is 4. The summed E-state index contributed by atoms with van der Waals surface area (Å²) in [5.41, 5.74) is 0. The van der Waals surface area contributed by atoms with E-state index in [0.29, 0.717) is 0 Å². The number of hydrogen-bond acceptors (Lipinski definition) is 6. The van der Waals surface area contributed by atoms with E-state index >= 15 is 0 Å². The number of carbonyl (C=O) groups excluding carboxylic acids is 3. The lowest BCUT2D eigenvalue weighted by Crippen LogP contribution is -2.37. The molecule has 2 heterocycles. The maximum atomic E-state index is 11.8. The van der Waals surface area contributed by atoms with E-state index in [2.05, 4.69) is 4.74 Å². The van der Waals surface area contributed by atoms with Crippen molar-refractivity contribution in [1.82, 2.24) is 9.80 Å². The van der Waals surface area contributed by atoms with Crippen molar-refractivity contribution in [2.45, 2.75) is 12.8 Å². The standard InChI is InChI=1S/C13H18N2O7/c16-7-22-13(21)9-4-11(18)15(6-9)2-1-14-5-8(12(19)20)3-10(14)17/h8-9,16H,1-7H2,(H,19,20). The SMILES string of the molecule is O=C(O)C1CC(=O)N(CCN2CC(C(=O)OCO)CC2=O)C1. The molecule has 2 saturated heterocycles. The molecule has 2 rings (SSSR count). The number of aliphatic hydroxyl groups is 1. The van der Waals surface area contributed by atoms with Crippen molar-refractivity contribution in [3.8, 4) is 0 Å². The van der Waals surface area contributed by atoms with Crippen molar-refractivity contribution in [3.05, 3.63) is 0 Å². The van der Waals surface area contributed by atoms with Crippen LogP contribution in [0.15, 0.2) is 0 Å². The number of ether oxygens (including phenoxy) is 1. The number of carboxylic acid groups (broad SMARTS) is 1. The Morgan fingerprint density at radius 3 is 2.00 bits per heavy atom. The van der Waals surface area contributed by atoms with E-state index in [1.54, 1.807) is 0 Å². The van der Waals surface area contributed by atoms with E-state index in [-0.39, 0.29) is 50.8 Å². The number of aliphatic hydroxyl groups excluding tert-OH is 1. The molecule has 9 nitrogen and oxygen atoms in total. The molecule has 2 aliphatic rings. The fourth-order valence-electron chi connectivity index (χ4n) is 2.72. The molecule has 2 amide bonds. The maximum absolute atomic E-state index is 11.8. The quantitative estimate of drug-likeness (QED) is 0.440. The molecular formula is C13H18N2O7. The Bertz CT molecular complexity index is 493. The summed E-state index contributed by atoms with van der Waals surface area (Å²) < 4.78 is 4.47. The molecule has 2 unspecified atom stereocenters. The van der Waals surface area contributed by atoms with Gasteiger partial charge < -0.3 is 24.7 Å². The first-order chi connectivity index (χ1) is 10.4. The number of amides is 2. The van der Waals surface area contributed by atoms with E-state index in [1.165, 1.54) is 9.80 Å². The number of nitrogens with zero attached hydrogens (tertiary/aromatic N) is 2. The first-order valence-corrected chi connectivity index (χ1v) is 6.98. The van der Waals surface area contributed by atoms with Crippen molar-refractivity contribution < 1.29 is 34.1 Å². The van der Waals surface area contributed by atoms with Gasteiger partial charge in [-0.1, -0.05) is 0 Å². The van der Waals surface area contributed by atoms with Crippen LogP contribution >= 0.6 is 0 Å². The van der Waals surface area contributed by atoms with Gasteiger partial charge in [-0.15, -0.1) is 0 Å². The fourth-order valence-corrected chi connectivity index (χ4v) is 2.72. The minimum atomic E-state index is -1.00. The third-order valence-corrected chi connectivity index (χ3v) is 3.96. The summed E-state index contributed by atoms with van der Waals surface area (Å²) in [5.74, 6) is -3.40. The van der Waals surface area contributed by atoms with Gasteiger partial charge in [-0.25, -0.2) is 0 Å². The monoisotopic (exact) mass is 314 g/mol. The topological polar surface area (TPSA) is 124 Å². The van der Waals surface area contributed by atoms with Crippen LogP contribution in [0.4, 0.5) is 0 Å². The summed E-state index contributed by atoms with van der Waals surface area (Å²) in [6.45, 7) is 0.104. The highest BCUT2D eigenvalue weighted by Crippen LogP contribution is 2.21. The molecule has 2 aliphatic heterocycles. The minimum absolute atomic E-state index is 0.0184. The van der Waals surface area contributed by atoms with Gasteiger partial charge >= 0.3 is 11.9 Å². The Hall–Kier alpha value is -2.16. The molecule has 0 aromatic rings. The fraction of sp³-hybridized carbons (Fsp3) is 0.692. The number of carboxylic acids is 1. The van der Waals surface area contributed by atoms with Crippen molar-refractivity contribution in [2.75, 3.05) is 33.0 Å². The van der Waals surface area contributed by atoms with Crippen molar-refractivity contribution in [1.29, 1.82) is 0 Å². The zero-order chi connectivity index (χ0) is 16.3. The lowest BCUT2D eigenvalue weighted by molar-refractivity contribution is -0.156. The number of rotatable bonds is 6.